The average molecular weight is 394 g/mol. The van der Waals surface area contributed by atoms with Crippen molar-refractivity contribution in [3.05, 3.63) is 66.4 Å². The molecule has 1 aliphatic carbocycles. The van der Waals surface area contributed by atoms with Gasteiger partial charge in [-0.2, -0.15) is 0 Å². The van der Waals surface area contributed by atoms with E-state index >= 15 is 0 Å². The normalized spacial score (nSPS) is 13.6. The zero-order valence-electron chi connectivity index (χ0n) is 16.1. The molecule has 1 heterocycles. The first kappa shape index (κ1) is 18.9. The fourth-order valence-corrected chi connectivity index (χ4v) is 3.19. The summed E-state index contributed by atoms with van der Waals surface area (Å²) in [6.45, 7) is 0.432. The Bertz CT molecular complexity index is 965. The second-order valence-corrected chi connectivity index (χ2v) is 6.91. The van der Waals surface area contributed by atoms with E-state index in [9.17, 15) is 9.90 Å². The SMILES string of the molecule is COc1ccc(N(Cc2cnco2)c2ccc(C(=O)O)cc2)cc1OC1CCC1. The second-order valence-electron chi connectivity index (χ2n) is 6.91. The Balaban J connectivity index is 1.69. The molecule has 150 valence electrons. The van der Waals surface area contributed by atoms with Crippen molar-refractivity contribution in [3.63, 3.8) is 0 Å². The summed E-state index contributed by atoms with van der Waals surface area (Å²) in [6.07, 6.45) is 6.54. The van der Waals surface area contributed by atoms with E-state index in [0.29, 0.717) is 23.8 Å². The van der Waals surface area contributed by atoms with E-state index in [1.165, 1.54) is 12.8 Å². The predicted molar refractivity (Wildman–Crippen MR) is 107 cm³/mol. The van der Waals surface area contributed by atoms with Crippen molar-refractivity contribution in [1.82, 2.24) is 4.98 Å². The monoisotopic (exact) mass is 394 g/mol. The standard InChI is InChI=1S/C22H22N2O5/c1-27-20-10-9-17(11-21(20)29-18-3-2-4-18)24(13-19-12-23-14-28-19)16-7-5-15(6-8-16)22(25)26/h5-12,14,18H,2-4,13H2,1H3,(H,25,26). The van der Waals surface area contributed by atoms with Crippen molar-refractivity contribution in [3.8, 4) is 11.5 Å². The number of aromatic carboxylic acids is 1. The van der Waals surface area contributed by atoms with Crippen molar-refractivity contribution >= 4 is 17.3 Å². The molecule has 1 aliphatic rings. The molecule has 0 aliphatic heterocycles. The van der Waals surface area contributed by atoms with E-state index in [0.717, 1.165) is 24.2 Å². The highest BCUT2D eigenvalue weighted by Crippen LogP contribution is 2.38. The van der Waals surface area contributed by atoms with Crippen LogP contribution in [0.25, 0.3) is 0 Å². The molecule has 0 unspecified atom stereocenters. The third-order valence-corrected chi connectivity index (χ3v) is 5.03. The van der Waals surface area contributed by atoms with Crippen LogP contribution in [0.2, 0.25) is 0 Å². The van der Waals surface area contributed by atoms with Crippen molar-refractivity contribution in [1.29, 1.82) is 0 Å². The Kier molecular flexibility index (Phi) is 5.37. The number of carboxylic acids is 1. The Morgan fingerprint density at radius 1 is 1.17 bits per heavy atom. The Labute approximate surface area is 168 Å². The van der Waals surface area contributed by atoms with Crippen molar-refractivity contribution in [2.24, 2.45) is 0 Å². The minimum Gasteiger partial charge on any atom is -0.493 e. The molecule has 1 saturated carbocycles. The van der Waals surface area contributed by atoms with Gasteiger partial charge in [0.05, 0.1) is 31.5 Å². The van der Waals surface area contributed by atoms with Gasteiger partial charge in [-0.3, -0.25) is 0 Å². The molecule has 1 N–H and O–H groups in total. The molecule has 0 atom stereocenters. The molecular weight excluding hydrogens is 372 g/mol. The third kappa shape index (κ3) is 4.18. The van der Waals surface area contributed by atoms with Crippen LogP contribution < -0.4 is 14.4 Å². The average Bonchev–Trinajstić information content (AvgIpc) is 3.22. The van der Waals surface area contributed by atoms with E-state index in [1.807, 2.05) is 23.1 Å². The summed E-state index contributed by atoms with van der Waals surface area (Å²) in [7, 11) is 1.62. The molecule has 0 bridgehead atoms. The quantitative estimate of drug-likeness (QED) is 0.595. The van der Waals surface area contributed by atoms with E-state index < -0.39 is 5.97 Å². The topological polar surface area (TPSA) is 85.0 Å². The van der Waals surface area contributed by atoms with Crippen LogP contribution >= 0.6 is 0 Å². The van der Waals surface area contributed by atoms with Crippen LogP contribution in [0.5, 0.6) is 11.5 Å². The number of hydrogen-bond donors (Lipinski definition) is 1. The number of methoxy groups -OCH3 is 1. The van der Waals surface area contributed by atoms with Crippen LogP contribution in [-0.2, 0) is 6.54 Å². The lowest BCUT2D eigenvalue weighted by Crippen LogP contribution is -2.25. The molecule has 0 saturated heterocycles. The zero-order chi connectivity index (χ0) is 20.2. The van der Waals surface area contributed by atoms with E-state index in [4.69, 9.17) is 13.9 Å². The molecule has 7 nitrogen and oxygen atoms in total. The van der Waals surface area contributed by atoms with Gasteiger partial charge in [-0.25, -0.2) is 9.78 Å². The van der Waals surface area contributed by atoms with Gasteiger partial charge in [-0.1, -0.05) is 0 Å². The summed E-state index contributed by atoms with van der Waals surface area (Å²) in [4.78, 5) is 17.2. The first-order valence-corrected chi connectivity index (χ1v) is 9.47. The van der Waals surface area contributed by atoms with E-state index in [2.05, 4.69) is 4.98 Å². The summed E-state index contributed by atoms with van der Waals surface area (Å²) in [6, 6.07) is 12.5. The first-order valence-electron chi connectivity index (χ1n) is 9.47. The lowest BCUT2D eigenvalue weighted by molar-refractivity contribution is 0.0697. The van der Waals surface area contributed by atoms with Crippen molar-refractivity contribution in [2.75, 3.05) is 12.0 Å². The molecule has 0 spiro atoms. The van der Waals surface area contributed by atoms with Gasteiger partial charge in [0.2, 0.25) is 0 Å². The lowest BCUT2D eigenvalue weighted by atomic mass is 9.96. The van der Waals surface area contributed by atoms with Gasteiger partial charge in [0.1, 0.15) is 5.76 Å². The number of aromatic nitrogens is 1. The smallest absolute Gasteiger partial charge is 0.335 e. The maximum atomic E-state index is 11.2. The van der Waals surface area contributed by atoms with Crippen LogP contribution in [-0.4, -0.2) is 29.3 Å². The maximum Gasteiger partial charge on any atom is 0.335 e. The summed E-state index contributed by atoms with van der Waals surface area (Å²) in [5, 5.41) is 9.18. The van der Waals surface area contributed by atoms with Crippen LogP contribution in [0.3, 0.4) is 0 Å². The van der Waals surface area contributed by atoms with Crippen molar-refractivity contribution in [2.45, 2.75) is 31.9 Å². The molecule has 1 aromatic heterocycles. The highest BCUT2D eigenvalue weighted by molar-refractivity contribution is 5.88. The molecule has 29 heavy (non-hydrogen) atoms. The van der Waals surface area contributed by atoms with Crippen LogP contribution in [0.4, 0.5) is 11.4 Å². The zero-order valence-corrected chi connectivity index (χ0v) is 16.1. The number of anilines is 2. The number of hydrogen-bond acceptors (Lipinski definition) is 6. The van der Waals surface area contributed by atoms with Gasteiger partial charge >= 0.3 is 5.97 Å². The van der Waals surface area contributed by atoms with E-state index in [1.54, 1.807) is 37.6 Å². The van der Waals surface area contributed by atoms with Gasteiger partial charge < -0.3 is 23.9 Å². The largest absolute Gasteiger partial charge is 0.493 e. The van der Waals surface area contributed by atoms with Gasteiger partial charge in [-0.05, 0) is 55.7 Å². The summed E-state index contributed by atoms with van der Waals surface area (Å²) < 4.78 is 17.0. The molecule has 1 fully saturated rings. The molecule has 2 aromatic carbocycles. The Morgan fingerprint density at radius 2 is 1.93 bits per heavy atom. The second kappa shape index (κ2) is 8.26. The van der Waals surface area contributed by atoms with Gasteiger partial charge in [-0.15, -0.1) is 0 Å². The maximum absolute atomic E-state index is 11.2. The van der Waals surface area contributed by atoms with Crippen LogP contribution in [0.1, 0.15) is 35.4 Å². The summed E-state index contributed by atoms with van der Waals surface area (Å²) in [5.41, 5.74) is 1.93. The van der Waals surface area contributed by atoms with E-state index in [-0.39, 0.29) is 11.7 Å². The van der Waals surface area contributed by atoms with Gasteiger partial charge in [0, 0.05) is 17.4 Å². The van der Waals surface area contributed by atoms with Crippen LogP contribution in [0, 0.1) is 0 Å². The predicted octanol–water partition coefficient (Wildman–Crippen LogP) is 4.65. The minimum atomic E-state index is -0.959. The molecule has 7 heteroatoms. The molecule has 0 amide bonds. The fourth-order valence-electron chi connectivity index (χ4n) is 3.19. The first-order chi connectivity index (χ1) is 14.1. The lowest BCUT2D eigenvalue weighted by Gasteiger charge is -2.29. The number of oxazole rings is 1. The highest BCUT2D eigenvalue weighted by Gasteiger charge is 2.22. The molecular formula is C22H22N2O5. The molecule has 3 aromatic rings. The van der Waals surface area contributed by atoms with Gasteiger partial charge in [0.15, 0.2) is 17.9 Å². The number of nitrogens with zero attached hydrogens (tertiary/aromatic N) is 2. The van der Waals surface area contributed by atoms with Gasteiger partial charge in [0.25, 0.3) is 0 Å². The Morgan fingerprint density at radius 3 is 2.52 bits per heavy atom. The fraction of sp³-hybridized carbons (Fsp3) is 0.273. The number of benzene rings is 2. The Hall–Kier alpha value is -3.48. The number of carboxylic acid groups (broad SMARTS) is 1. The molecule has 4 rings (SSSR count). The summed E-state index contributed by atoms with van der Waals surface area (Å²) >= 11 is 0. The number of carbonyl (C=O) groups is 1. The minimum absolute atomic E-state index is 0.219. The summed E-state index contributed by atoms with van der Waals surface area (Å²) in [5.74, 6) is 1.10. The van der Waals surface area contributed by atoms with Crippen molar-refractivity contribution < 1.29 is 23.8 Å². The third-order valence-electron chi connectivity index (χ3n) is 5.03. The number of rotatable bonds is 8. The number of ether oxygens (including phenoxy) is 2. The molecule has 0 radical (unpaired) electrons. The van der Waals surface area contributed by atoms with Crippen LogP contribution in [0.15, 0.2) is 59.5 Å². The highest BCUT2D eigenvalue weighted by atomic mass is 16.5.